The molecule has 5 nitrogen and oxygen atoms in total. The third-order valence-electron chi connectivity index (χ3n) is 3.19. The zero-order valence-electron chi connectivity index (χ0n) is 11.3. The van der Waals surface area contributed by atoms with Crippen molar-refractivity contribution in [3.8, 4) is 5.75 Å². The highest BCUT2D eigenvalue weighted by Gasteiger charge is 2.43. The van der Waals surface area contributed by atoms with Crippen molar-refractivity contribution < 1.29 is 24.1 Å². The van der Waals surface area contributed by atoms with E-state index in [1.54, 1.807) is 31.4 Å². The molecule has 0 bridgehead atoms. The van der Waals surface area contributed by atoms with Crippen molar-refractivity contribution in [2.24, 2.45) is 5.41 Å². The lowest BCUT2D eigenvalue weighted by atomic mass is 9.86. The molecule has 1 aromatic carbocycles. The Hall–Kier alpha value is -1.59. The summed E-state index contributed by atoms with van der Waals surface area (Å²) < 4.78 is 16.2. The first-order chi connectivity index (χ1) is 8.94. The summed E-state index contributed by atoms with van der Waals surface area (Å²) in [6.45, 7) is 3.96. The number of hydrogen-bond acceptors (Lipinski definition) is 4. The number of benzene rings is 1. The fourth-order valence-electron chi connectivity index (χ4n) is 2.04. The molecule has 0 amide bonds. The quantitative estimate of drug-likeness (QED) is 0.908. The van der Waals surface area contributed by atoms with Crippen molar-refractivity contribution >= 4 is 5.97 Å². The minimum atomic E-state index is -0.966. The van der Waals surface area contributed by atoms with Gasteiger partial charge in [0.25, 0.3) is 0 Å². The lowest BCUT2D eigenvalue weighted by Crippen LogP contribution is -2.47. The second-order valence-corrected chi connectivity index (χ2v) is 5.26. The molecule has 19 heavy (non-hydrogen) atoms. The Balaban J connectivity index is 2.16. The Bertz CT molecular complexity index is 451. The first kappa shape index (κ1) is 13.8. The number of carbonyl (C=O) groups is 1. The predicted octanol–water partition coefficient (Wildman–Crippen LogP) is 2.22. The van der Waals surface area contributed by atoms with Crippen LogP contribution in [0.5, 0.6) is 5.75 Å². The first-order valence-corrected chi connectivity index (χ1v) is 6.08. The highest BCUT2D eigenvalue weighted by Crippen LogP contribution is 2.36. The van der Waals surface area contributed by atoms with Crippen molar-refractivity contribution in [2.75, 3.05) is 13.7 Å². The normalized spacial score (nSPS) is 25.8. The van der Waals surface area contributed by atoms with Crippen molar-refractivity contribution in [3.05, 3.63) is 29.8 Å². The Morgan fingerprint density at radius 3 is 2.53 bits per heavy atom. The predicted molar refractivity (Wildman–Crippen MR) is 68.0 cm³/mol. The molecule has 1 heterocycles. The van der Waals surface area contributed by atoms with Gasteiger partial charge in [-0.25, -0.2) is 4.79 Å². The van der Waals surface area contributed by atoms with Crippen LogP contribution in [0.25, 0.3) is 0 Å². The Morgan fingerprint density at radius 1 is 1.37 bits per heavy atom. The maximum Gasteiger partial charge on any atom is 0.333 e. The maximum atomic E-state index is 11.2. The van der Waals surface area contributed by atoms with Gasteiger partial charge in [0.2, 0.25) is 0 Å². The zero-order chi connectivity index (χ0) is 14.0. The van der Waals surface area contributed by atoms with Gasteiger partial charge in [0.1, 0.15) is 5.75 Å². The van der Waals surface area contributed by atoms with Gasteiger partial charge < -0.3 is 19.3 Å². The molecule has 2 atom stereocenters. The zero-order valence-corrected chi connectivity index (χ0v) is 11.3. The van der Waals surface area contributed by atoms with Gasteiger partial charge in [0.05, 0.1) is 13.7 Å². The van der Waals surface area contributed by atoms with E-state index in [0.29, 0.717) is 6.61 Å². The summed E-state index contributed by atoms with van der Waals surface area (Å²) in [6, 6.07) is 7.19. The summed E-state index contributed by atoms with van der Waals surface area (Å²) in [5.74, 6) is -0.235. The van der Waals surface area contributed by atoms with E-state index < -0.39 is 23.8 Å². The van der Waals surface area contributed by atoms with Crippen LogP contribution in [0.1, 0.15) is 25.7 Å². The summed E-state index contributed by atoms with van der Waals surface area (Å²) >= 11 is 0. The molecule has 0 aromatic heterocycles. The molecular weight excluding hydrogens is 248 g/mol. The van der Waals surface area contributed by atoms with Gasteiger partial charge in [-0.15, -0.1) is 0 Å². The Kier molecular flexibility index (Phi) is 3.78. The average molecular weight is 266 g/mol. The smallest absolute Gasteiger partial charge is 0.333 e. The molecule has 1 aliphatic heterocycles. The van der Waals surface area contributed by atoms with E-state index in [-0.39, 0.29) is 0 Å². The molecule has 0 spiro atoms. The van der Waals surface area contributed by atoms with E-state index in [4.69, 9.17) is 14.2 Å². The van der Waals surface area contributed by atoms with Crippen LogP contribution in [0, 0.1) is 5.41 Å². The molecular formula is C14H18O5. The third kappa shape index (κ3) is 2.88. The van der Waals surface area contributed by atoms with Crippen LogP contribution in [-0.4, -0.2) is 30.9 Å². The van der Waals surface area contributed by atoms with Crippen LogP contribution >= 0.6 is 0 Å². The molecule has 1 aliphatic rings. The summed E-state index contributed by atoms with van der Waals surface area (Å²) in [5, 5.41) is 9.22. The van der Waals surface area contributed by atoms with E-state index in [9.17, 15) is 9.90 Å². The van der Waals surface area contributed by atoms with Gasteiger partial charge in [0, 0.05) is 11.0 Å². The molecule has 0 aliphatic carbocycles. The van der Waals surface area contributed by atoms with Gasteiger partial charge >= 0.3 is 5.97 Å². The monoisotopic (exact) mass is 266 g/mol. The molecule has 5 heteroatoms. The van der Waals surface area contributed by atoms with Crippen LogP contribution in [0.3, 0.4) is 0 Å². The molecule has 1 saturated heterocycles. The van der Waals surface area contributed by atoms with Crippen molar-refractivity contribution in [1.29, 1.82) is 0 Å². The first-order valence-electron chi connectivity index (χ1n) is 6.08. The van der Waals surface area contributed by atoms with Gasteiger partial charge in [-0.2, -0.15) is 0 Å². The fraction of sp³-hybridized carbons (Fsp3) is 0.500. The number of hydrogen-bond donors (Lipinski definition) is 1. The van der Waals surface area contributed by atoms with Gasteiger partial charge in [-0.3, -0.25) is 0 Å². The van der Waals surface area contributed by atoms with Crippen LogP contribution in [-0.2, 0) is 14.3 Å². The Morgan fingerprint density at radius 2 is 2.00 bits per heavy atom. The maximum absolute atomic E-state index is 11.2. The van der Waals surface area contributed by atoms with Crippen LogP contribution < -0.4 is 4.74 Å². The molecule has 104 valence electrons. The van der Waals surface area contributed by atoms with Crippen molar-refractivity contribution in [2.45, 2.75) is 26.2 Å². The molecule has 0 saturated carbocycles. The lowest BCUT2D eigenvalue weighted by molar-refractivity contribution is -0.264. The number of aliphatic carboxylic acids is 1. The van der Waals surface area contributed by atoms with E-state index in [1.165, 1.54) is 0 Å². The van der Waals surface area contributed by atoms with Gasteiger partial charge in [0.15, 0.2) is 12.4 Å². The van der Waals surface area contributed by atoms with E-state index in [2.05, 4.69) is 0 Å². The van der Waals surface area contributed by atoms with Crippen LogP contribution in [0.4, 0.5) is 0 Å². The van der Waals surface area contributed by atoms with Crippen molar-refractivity contribution in [3.63, 3.8) is 0 Å². The fourth-order valence-corrected chi connectivity index (χ4v) is 2.04. The summed E-state index contributed by atoms with van der Waals surface area (Å²) in [5.41, 5.74) is 0.233. The van der Waals surface area contributed by atoms with Crippen LogP contribution in [0.2, 0.25) is 0 Å². The van der Waals surface area contributed by atoms with Gasteiger partial charge in [-0.1, -0.05) is 26.0 Å². The molecule has 1 fully saturated rings. The average Bonchev–Trinajstić information content (AvgIpc) is 2.38. The summed E-state index contributed by atoms with van der Waals surface area (Å²) in [6.07, 6.45) is -1.53. The van der Waals surface area contributed by atoms with Gasteiger partial charge in [-0.05, 0) is 12.1 Å². The topological polar surface area (TPSA) is 65.0 Å². The molecule has 1 N–H and O–H groups in total. The number of carboxylic acid groups (broad SMARTS) is 1. The van der Waals surface area contributed by atoms with E-state index in [0.717, 1.165) is 11.3 Å². The molecule has 0 radical (unpaired) electrons. The second-order valence-electron chi connectivity index (χ2n) is 5.26. The largest absolute Gasteiger partial charge is 0.497 e. The minimum Gasteiger partial charge on any atom is -0.497 e. The van der Waals surface area contributed by atoms with Crippen LogP contribution in [0.15, 0.2) is 24.3 Å². The highest BCUT2D eigenvalue weighted by molar-refractivity contribution is 5.73. The number of carboxylic acids is 1. The number of methoxy groups -OCH3 is 1. The SMILES string of the molecule is COc1ccc(C2OCC(C)(C)[C@H](C(=O)O)O2)cc1. The molecule has 2 rings (SSSR count). The van der Waals surface area contributed by atoms with E-state index in [1.807, 2.05) is 13.8 Å². The molecule has 1 aromatic rings. The van der Waals surface area contributed by atoms with Crippen molar-refractivity contribution in [1.82, 2.24) is 0 Å². The third-order valence-corrected chi connectivity index (χ3v) is 3.19. The number of ether oxygens (including phenoxy) is 3. The highest BCUT2D eigenvalue weighted by atomic mass is 16.7. The van der Waals surface area contributed by atoms with E-state index >= 15 is 0 Å². The molecule has 1 unspecified atom stereocenters. The second kappa shape index (κ2) is 5.19. The summed E-state index contributed by atoms with van der Waals surface area (Å²) in [7, 11) is 1.59. The standard InChI is InChI=1S/C14H18O5/c1-14(2)8-18-13(19-11(14)12(15)16)9-4-6-10(17-3)7-5-9/h4-7,11,13H,8H2,1-3H3,(H,15,16)/t11-,13?/m0/s1. The number of rotatable bonds is 3. The Labute approximate surface area is 112 Å². The summed E-state index contributed by atoms with van der Waals surface area (Å²) in [4.78, 5) is 11.2. The minimum absolute atomic E-state index is 0.334. The lowest BCUT2D eigenvalue weighted by Gasteiger charge is -2.39.